The largest absolute Gasteiger partial charge is 0.391 e. The molecule has 0 spiro atoms. The first kappa shape index (κ1) is 10.5. The lowest BCUT2D eigenvalue weighted by Gasteiger charge is -2.37. The van der Waals surface area contributed by atoms with Gasteiger partial charge in [-0.3, -0.25) is 4.79 Å². The van der Waals surface area contributed by atoms with E-state index < -0.39 is 6.10 Å². The molecule has 0 bridgehead atoms. The van der Waals surface area contributed by atoms with Crippen molar-refractivity contribution in [2.45, 2.75) is 38.3 Å². The summed E-state index contributed by atoms with van der Waals surface area (Å²) in [5.74, 6) is -0.0504. The van der Waals surface area contributed by atoms with Crippen LogP contribution in [-0.4, -0.2) is 41.1 Å². The van der Waals surface area contributed by atoms with Crippen molar-refractivity contribution in [2.24, 2.45) is 5.73 Å². The number of carbonyl (C=O) groups excluding carboxylic acids is 1. The summed E-state index contributed by atoms with van der Waals surface area (Å²) in [6.07, 6.45) is 2.55. The van der Waals surface area contributed by atoms with Crippen molar-refractivity contribution in [2.75, 3.05) is 13.1 Å². The molecule has 1 aliphatic heterocycles. The molecule has 4 heteroatoms. The Morgan fingerprint density at radius 1 is 1.69 bits per heavy atom. The van der Waals surface area contributed by atoms with Crippen LogP contribution in [0, 0.1) is 0 Å². The minimum absolute atomic E-state index is 0.0233. The van der Waals surface area contributed by atoms with Gasteiger partial charge in [-0.2, -0.15) is 0 Å². The number of likely N-dealkylation sites (tertiary alicyclic amines) is 1. The van der Waals surface area contributed by atoms with Crippen LogP contribution in [0.4, 0.5) is 0 Å². The predicted octanol–water partition coefficient (Wildman–Crippen LogP) is -0.293. The van der Waals surface area contributed by atoms with Crippen molar-refractivity contribution in [3.8, 4) is 0 Å². The lowest BCUT2D eigenvalue weighted by molar-refractivity contribution is -0.136. The van der Waals surface area contributed by atoms with Crippen LogP contribution in [0.25, 0.3) is 0 Å². The normalized spacial score (nSPS) is 25.8. The fourth-order valence-corrected chi connectivity index (χ4v) is 1.89. The van der Waals surface area contributed by atoms with Gasteiger partial charge in [0.25, 0.3) is 0 Å². The number of nitrogens with zero attached hydrogens (tertiary/aromatic N) is 1. The fraction of sp³-hybridized carbons (Fsp3) is 0.889. The number of hydrogen-bond acceptors (Lipinski definition) is 3. The highest BCUT2D eigenvalue weighted by atomic mass is 16.3. The first-order valence-corrected chi connectivity index (χ1v) is 4.84. The number of aliphatic hydroxyl groups excluding tert-OH is 1. The highest BCUT2D eigenvalue weighted by molar-refractivity contribution is 5.78. The molecule has 1 amide bonds. The van der Waals surface area contributed by atoms with Gasteiger partial charge in [0.2, 0.25) is 5.91 Å². The summed E-state index contributed by atoms with van der Waals surface area (Å²) in [4.78, 5) is 13.1. The van der Waals surface area contributed by atoms with Crippen molar-refractivity contribution in [1.82, 2.24) is 4.90 Å². The molecule has 0 aliphatic carbocycles. The van der Waals surface area contributed by atoms with Gasteiger partial charge in [-0.1, -0.05) is 0 Å². The van der Waals surface area contributed by atoms with E-state index in [1.165, 1.54) is 0 Å². The quantitative estimate of drug-likeness (QED) is 0.622. The summed E-state index contributed by atoms with van der Waals surface area (Å²) in [6.45, 7) is 2.52. The maximum absolute atomic E-state index is 11.4. The number of hydrogen-bond donors (Lipinski definition) is 2. The molecule has 1 saturated heterocycles. The number of rotatable bonds is 2. The standard InChI is InChI=1S/C9H18N2O2/c1-7(12)8-4-2-3-5-11(8)9(13)6-10/h7-8,12H,2-6,10H2,1H3. The third-order valence-electron chi connectivity index (χ3n) is 2.60. The second kappa shape index (κ2) is 4.58. The number of amides is 1. The molecule has 13 heavy (non-hydrogen) atoms. The Bertz CT molecular complexity index is 182. The van der Waals surface area contributed by atoms with Gasteiger partial charge in [0.1, 0.15) is 0 Å². The third-order valence-corrected chi connectivity index (χ3v) is 2.60. The Morgan fingerprint density at radius 2 is 2.38 bits per heavy atom. The number of carbonyl (C=O) groups is 1. The zero-order valence-electron chi connectivity index (χ0n) is 8.07. The average molecular weight is 186 g/mol. The predicted molar refractivity (Wildman–Crippen MR) is 50.1 cm³/mol. The van der Waals surface area contributed by atoms with Crippen LogP contribution in [0.15, 0.2) is 0 Å². The molecule has 3 N–H and O–H groups in total. The van der Waals surface area contributed by atoms with Crippen molar-refractivity contribution in [3.63, 3.8) is 0 Å². The van der Waals surface area contributed by atoms with Crippen molar-refractivity contribution in [3.05, 3.63) is 0 Å². The van der Waals surface area contributed by atoms with E-state index in [4.69, 9.17) is 5.73 Å². The van der Waals surface area contributed by atoms with E-state index in [1.54, 1.807) is 11.8 Å². The van der Waals surface area contributed by atoms with Gasteiger partial charge >= 0.3 is 0 Å². The molecule has 1 aliphatic rings. The number of piperidine rings is 1. The van der Waals surface area contributed by atoms with E-state index in [0.717, 1.165) is 25.8 Å². The molecule has 0 aromatic carbocycles. The molecule has 2 atom stereocenters. The zero-order valence-corrected chi connectivity index (χ0v) is 8.07. The molecule has 0 radical (unpaired) electrons. The lowest BCUT2D eigenvalue weighted by Crippen LogP contribution is -2.50. The van der Waals surface area contributed by atoms with Crippen LogP contribution in [0.2, 0.25) is 0 Å². The van der Waals surface area contributed by atoms with Crippen molar-refractivity contribution in [1.29, 1.82) is 0 Å². The highest BCUT2D eigenvalue weighted by Crippen LogP contribution is 2.19. The smallest absolute Gasteiger partial charge is 0.236 e. The minimum atomic E-state index is -0.448. The van der Waals surface area contributed by atoms with E-state index in [1.807, 2.05) is 0 Å². The van der Waals surface area contributed by atoms with Gasteiger partial charge in [0.15, 0.2) is 0 Å². The Hall–Kier alpha value is -0.610. The number of nitrogens with two attached hydrogens (primary N) is 1. The second-order valence-corrected chi connectivity index (χ2v) is 3.59. The second-order valence-electron chi connectivity index (χ2n) is 3.59. The Morgan fingerprint density at radius 3 is 2.92 bits per heavy atom. The molecule has 0 saturated carbocycles. The maximum Gasteiger partial charge on any atom is 0.236 e. The van der Waals surface area contributed by atoms with E-state index in [0.29, 0.717) is 0 Å². The monoisotopic (exact) mass is 186 g/mol. The van der Waals surface area contributed by atoms with Gasteiger partial charge in [0.05, 0.1) is 18.7 Å². The van der Waals surface area contributed by atoms with E-state index >= 15 is 0 Å². The summed E-state index contributed by atoms with van der Waals surface area (Å²) < 4.78 is 0. The van der Waals surface area contributed by atoms with E-state index in [9.17, 15) is 9.90 Å². The van der Waals surface area contributed by atoms with Crippen molar-refractivity contribution >= 4 is 5.91 Å². The van der Waals surface area contributed by atoms with Gasteiger partial charge in [-0.05, 0) is 26.2 Å². The highest BCUT2D eigenvalue weighted by Gasteiger charge is 2.28. The SMILES string of the molecule is CC(O)C1CCCCN1C(=O)CN. The zero-order chi connectivity index (χ0) is 9.84. The molecule has 2 unspecified atom stereocenters. The number of aliphatic hydroxyl groups is 1. The lowest BCUT2D eigenvalue weighted by atomic mass is 9.98. The minimum Gasteiger partial charge on any atom is -0.391 e. The molecule has 4 nitrogen and oxygen atoms in total. The van der Waals surface area contributed by atoms with Gasteiger partial charge in [-0.15, -0.1) is 0 Å². The van der Waals surface area contributed by atoms with Crippen LogP contribution in [0.5, 0.6) is 0 Å². The van der Waals surface area contributed by atoms with Crippen LogP contribution in [0.3, 0.4) is 0 Å². The van der Waals surface area contributed by atoms with Gasteiger partial charge in [-0.25, -0.2) is 0 Å². The molecular weight excluding hydrogens is 168 g/mol. The molecule has 0 aromatic rings. The van der Waals surface area contributed by atoms with E-state index in [2.05, 4.69) is 0 Å². The first-order valence-electron chi connectivity index (χ1n) is 4.84. The van der Waals surface area contributed by atoms with Gasteiger partial charge < -0.3 is 15.7 Å². The molecule has 76 valence electrons. The molecule has 1 fully saturated rings. The maximum atomic E-state index is 11.4. The molecule has 0 aromatic heterocycles. The topological polar surface area (TPSA) is 66.6 Å². The summed E-state index contributed by atoms with van der Waals surface area (Å²) in [7, 11) is 0. The summed E-state index contributed by atoms with van der Waals surface area (Å²) in [6, 6.07) is -0.0233. The van der Waals surface area contributed by atoms with Gasteiger partial charge in [0, 0.05) is 6.54 Å². The van der Waals surface area contributed by atoms with Crippen LogP contribution in [-0.2, 0) is 4.79 Å². The Balaban J connectivity index is 2.61. The molecule has 1 heterocycles. The summed E-state index contributed by atoms with van der Waals surface area (Å²) >= 11 is 0. The third kappa shape index (κ3) is 2.42. The summed E-state index contributed by atoms with van der Waals surface area (Å²) in [5.41, 5.74) is 5.29. The Kier molecular flexibility index (Phi) is 3.69. The van der Waals surface area contributed by atoms with E-state index in [-0.39, 0.29) is 18.5 Å². The first-order chi connectivity index (χ1) is 6.16. The fourth-order valence-electron chi connectivity index (χ4n) is 1.89. The average Bonchev–Trinajstić information content (AvgIpc) is 2.16. The Labute approximate surface area is 78.7 Å². The van der Waals surface area contributed by atoms with Crippen molar-refractivity contribution < 1.29 is 9.90 Å². The molecule has 1 rings (SSSR count). The summed E-state index contributed by atoms with van der Waals surface area (Å²) in [5, 5.41) is 9.46. The van der Waals surface area contributed by atoms with Crippen LogP contribution < -0.4 is 5.73 Å². The molecular formula is C9H18N2O2. The van der Waals surface area contributed by atoms with Crippen LogP contribution >= 0.6 is 0 Å². The van der Waals surface area contributed by atoms with Crippen LogP contribution in [0.1, 0.15) is 26.2 Å².